The lowest BCUT2D eigenvalue weighted by Crippen LogP contribution is -2.39. The number of pyridine rings is 1. The molecule has 3 aliphatic rings. The van der Waals surface area contributed by atoms with Crippen LogP contribution in [-0.4, -0.2) is 52.6 Å². The third-order valence-corrected chi connectivity index (χ3v) is 8.25. The van der Waals surface area contributed by atoms with Gasteiger partial charge in [-0.3, -0.25) is 4.79 Å². The Morgan fingerprint density at radius 2 is 2.19 bits per heavy atom. The minimum atomic E-state index is -0.127. The summed E-state index contributed by atoms with van der Waals surface area (Å²) in [6.07, 6.45) is 5.50. The minimum absolute atomic E-state index is 0.0790. The van der Waals surface area contributed by atoms with Crippen LogP contribution in [0.25, 0.3) is 10.2 Å². The number of aryl methyl sites for hydroxylation is 2. The summed E-state index contributed by atoms with van der Waals surface area (Å²) in [5.74, 6) is 2.41. The maximum absolute atomic E-state index is 13.0. The Balaban J connectivity index is 1.17. The van der Waals surface area contributed by atoms with Gasteiger partial charge in [-0.1, -0.05) is 6.07 Å². The number of nitrogens with two attached hydrogens (primary N) is 1. The van der Waals surface area contributed by atoms with Crippen molar-refractivity contribution in [3.05, 3.63) is 40.3 Å². The fourth-order valence-corrected chi connectivity index (χ4v) is 6.44. The van der Waals surface area contributed by atoms with Crippen molar-refractivity contribution < 1.29 is 4.79 Å². The van der Waals surface area contributed by atoms with Gasteiger partial charge >= 0.3 is 0 Å². The lowest BCUT2D eigenvalue weighted by molar-refractivity contribution is 0.0938. The maximum atomic E-state index is 13.0. The third kappa shape index (κ3) is 3.31. The summed E-state index contributed by atoms with van der Waals surface area (Å²) in [5, 5.41) is 7.45. The molecule has 0 bridgehead atoms. The van der Waals surface area contributed by atoms with E-state index in [4.69, 9.17) is 10.7 Å². The molecule has 32 heavy (non-hydrogen) atoms. The van der Waals surface area contributed by atoms with Gasteiger partial charge < -0.3 is 21.3 Å². The van der Waals surface area contributed by atoms with E-state index >= 15 is 0 Å². The highest BCUT2D eigenvalue weighted by Crippen LogP contribution is 2.34. The molecule has 0 spiro atoms. The van der Waals surface area contributed by atoms with Crippen LogP contribution < -0.4 is 21.3 Å². The van der Waals surface area contributed by atoms with E-state index in [0.717, 1.165) is 60.8 Å². The van der Waals surface area contributed by atoms with Gasteiger partial charge in [-0.25, -0.2) is 15.0 Å². The Morgan fingerprint density at radius 1 is 1.28 bits per heavy atom. The first-order valence-corrected chi connectivity index (χ1v) is 12.2. The van der Waals surface area contributed by atoms with Crippen LogP contribution in [0, 0.1) is 12.8 Å². The summed E-state index contributed by atoms with van der Waals surface area (Å²) in [6.45, 7) is 5.12. The summed E-state index contributed by atoms with van der Waals surface area (Å²) in [5.41, 5.74) is 9.11. The van der Waals surface area contributed by atoms with Crippen LogP contribution in [0.3, 0.4) is 0 Å². The molecule has 5 heterocycles. The minimum Gasteiger partial charge on any atom is -0.397 e. The average molecular weight is 450 g/mol. The molecule has 8 nitrogen and oxygen atoms in total. The number of nitrogens with zero attached hydrogens (tertiary/aromatic N) is 4. The third-order valence-electron chi connectivity index (χ3n) is 7.14. The quantitative estimate of drug-likeness (QED) is 0.562. The van der Waals surface area contributed by atoms with Crippen molar-refractivity contribution in [2.75, 3.05) is 30.3 Å². The van der Waals surface area contributed by atoms with E-state index in [2.05, 4.69) is 37.6 Å². The fraction of sp³-hybridized carbons (Fsp3) is 0.478. The number of amides is 1. The number of thiophene rings is 1. The molecule has 3 aromatic rings. The molecule has 0 radical (unpaired) electrons. The predicted octanol–water partition coefficient (Wildman–Crippen LogP) is 2.06. The van der Waals surface area contributed by atoms with Crippen LogP contribution in [0.4, 0.5) is 11.5 Å². The van der Waals surface area contributed by atoms with Gasteiger partial charge in [0.05, 0.1) is 11.1 Å². The number of carbonyl (C=O) groups is 1. The molecule has 1 amide bonds. The van der Waals surface area contributed by atoms with Gasteiger partial charge in [-0.05, 0) is 50.2 Å². The predicted molar refractivity (Wildman–Crippen MR) is 126 cm³/mol. The van der Waals surface area contributed by atoms with Crippen LogP contribution in [0.2, 0.25) is 0 Å². The monoisotopic (exact) mass is 449 g/mol. The van der Waals surface area contributed by atoms with Crippen molar-refractivity contribution in [3.8, 4) is 0 Å². The molecule has 166 valence electrons. The van der Waals surface area contributed by atoms with Crippen molar-refractivity contribution in [2.24, 2.45) is 5.92 Å². The van der Waals surface area contributed by atoms with E-state index in [-0.39, 0.29) is 11.9 Å². The van der Waals surface area contributed by atoms with Crippen LogP contribution in [0.1, 0.15) is 39.6 Å². The lowest BCUT2D eigenvalue weighted by atomic mass is 9.91. The Morgan fingerprint density at radius 3 is 3.09 bits per heavy atom. The molecule has 3 unspecified atom stereocenters. The topological polar surface area (TPSA) is 109 Å². The Kier molecular flexibility index (Phi) is 4.76. The molecule has 4 N–H and O–H groups in total. The van der Waals surface area contributed by atoms with Crippen molar-refractivity contribution in [3.63, 3.8) is 0 Å². The van der Waals surface area contributed by atoms with Gasteiger partial charge in [0.1, 0.15) is 21.3 Å². The zero-order valence-corrected chi connectivity index (χ0v) is 18.9. The summed E-state index contributed by atoms with van der Waals surface area (Å²) in [4.78, 5) is 30.4. The average Bonchev–Trinajstić information content (AvgIpc) is 3.48. The number of rotatable bonds is 3. The van der Waals surface area contributed by atoms with Gasteiger partial charge in [0, 0.05) is 43.6 Å². The van der Waals surface area contributed by atoms with E-state index in [0.29, 0.717) is 22.4 Å². The molecule has 2 aliphatic heterocycles. The highest BCUT2D eigenvalue weighted by molar-refractivity contribution is 7.21. The summed E-state index contributed by atoms with van der Waals surface area (Å²) in [6, 6.07) is 5.03. The zero-order valence-electron chi connectivity index (χ0n) is 18.1. The Bertz CT molecular complexity index is 1210. The Hall–Kier alpha value is -2.78. The zero-order chi connectivity index (χ0) is 21.8. The normalized spacial score (nSPS) is 24.5. The number of carbonyl (C=O) groups excluding carboxylic acids is 1. The molecule has 9 heteroatoms. The smallest absolute Gasteiger partial charge is 0.263 e. The molecule has 0 aromatic carbocycles. The first kappa shape index (κ1) is 19.9. The molecular weight excluding hydrogens is 422 g/mol. The van der Waals surface area contributed by atoms with E-state index in [9.17, 15) is 4.79 Å². The SMILES string of the molecule is Cc1ncc2c(N)c(C(=O)NC3CCc4nc(N5CCC6CNCC65)ccc4C3)sc2n1. The van der Waals surface area contributed by atoms with E-state index in [1.165, 1.54) is 29.0 Å². The second-order valence-electron chi connectivity index (χ2n) is 9.14. The standard InChI is InChI=1S/C23H27N7OS/c1-12-26-10-16-20(24)21(32-23(16)27-12)22(31)28-15-3-4-17-13(8-15)2-5-19(29-17)30-7-6-14-9-25-11-18(14)30/h2,5,10,14-15,18,25H,3-4,6-9,11,24H2,1H3,(H,28,31). The van der Waals surface area contributed by atoms with Crippen molar-refractivity contribution >= 4 is 39.0 Å². The number of hydrogen-bond acceptors (Lipinski definition) is 8. The second kappa shape index (κ2) is 7.67. The van der Waals surface area contributed by atoms with Gasteiger partial charge in [0.25, 0.3) is 5.91 Å². The van der Waals surface area contributed by atoms with Gasteiger partial charge in [-0.2, -0.15) is 0 Å². The first-order chi connectivity index (χ1) is 15.6. The van der Waals surface area contributed by atoms with E-state index in [1.807, 2.05) is 6.92 Å². The molecule has 1 aliphatic carbocycles. The van der Waals surface area contributed by atoms with Gasteiger partial charge in [-0.15, -0.1) is 11.3 Å². The van der Waals surface area contributed by atoms with Crippen LogP contribution >= 0.6 is 11.3 Å². The van der Waals surface area contributed by atoms with Crippen LogP contribution in [0.5, 0.6) is 0 Å². The number of nitrogens with one attached hydrogen (secondary N) is 2. The van der Waals surface area contributed by atoms with Gasteiger partial charge in [0.2, 0.25) is 0 Å². The summed E-state index contributed by atoms with van der Waals surface area (Å²) in [7, 11) is 0. The van der Waals surface area contributed by atoms with Crippen molar-refractivity contribution in [1.29, 1.82) is 0 Å². The second-order valence-corrected chi connectivity index (χ2v) is 10.1. The maximum Gasteiger partial charge on any atom is 0.263 e. The molecule has 3 atom stereocenters. The van der Waals surface area contributed by atoms with Crippen molar-refractivity contribution in [1.82, 2.24) is 25.6 Å². The highest BCUT2D eigenvalue weighted by atomic mass is 32.1. The molecule has 6 rings (SSSR count). The van der Waals surface area contributed by atoms with E-state index < -0.39 is 0 Å². The molecule has 0 saturated carbocycles. The highest BCUT2D eigenvalue weighted by Gasteiger charge is 2.38. The number of aromatic nitrogens is 3. The molecular formula is C23H27N7OS. The van der Waals surface area contributed by atoms with Crippen molar-refractivity contribution in [2.45, 2.75) is 44.7 Å². The van der Waals surface area contributed by atoms with Crippen LogP contribution in [-0.2, 0) is 12.8 Å². The number of anilines is 2. The summed E-state index contributed by atoms with van der Waals surface area (Å²) < 4.78 is 0. The molecule has 3 aromatic heterocycles. The number of fused-ring (bicyclic) bond motifs is 3. The number of nitrogen functional groups attached to an aromatic ring is 1. The largest absolute Gasteiger partial charge is 0.397 e. The summed E-state index contributed by atoms with van der Waals surface area (Å²) >= 11 is 1.33. The van der Waals surface area contributed by atoms with Crippen LogP contribution in [0.15, 0.2) is 18.3 Å². The molecule has 2 fully saturated rings. The lowest BCUT2D eigenvalue weighted by Gasteiger charge is -2.28. The molecule has 2 saturated heterocycles. The van der Waals surface area contributed by atoms with Gasteiger partial charge in [0.15, 0.2) is 0 Å². The fourth-order valence-electron chi connectivity index (χ4n) is 5.42. The Labute approximate surface area is 190 Å². The van der Waals surface area contributed by atoms with E-state index in [1.54, 1.807) is 6.20 Å². The first-order valence-electron chi connectivity index (χ1n) is 11.4. The number of hydrogen-bond donors (Lipinski definition) is 3.